The third-order valence-electron chi connectivity index (χ3n) is 8.08. The molecule has 6 heteroatoms. The molecule has 208 valence electrons. The molecule has 0 amide bonds. The van der Waals surface area contributed by atoms with Crippen LogP contribution in [0, 0.1) is 0 Å². The molecule has 5 aromatic heterocycles. The molecule has 0 saturated heterocycles. The number of pyridine rings is 1. The molecule has 0 N–H and O–H groups in total. The van der Waals surface area contributed by atoms with Crippen LogP contribution in [0.2, 0.25) is 0 Å². The summed E-state index contributed by atoms with van der Waals surface area (Å²) in [7, 11) is 0. The van der Waals surface area contributed by atoms with Gasteiger partial charge in [-0.25, -0.2) is 4.98 Å². The smallest absolute Gasteiger partial charge is 0.227 e. The molecule has 9 aromatic rings. The van der Waals surface area contributed by atoms with E-state index < -0.39 is 0 Å². The molecule has 4 aromatic carbocycles. The Labute approximate surface area is 251 Å². The molecule has 0 saturated carbocycles. The van der Waals surface area contributed by atoms with Crippen LogP contribution in [0.25, 0.3) is 84.0 Å². The Morgan fingerprint density at radius 3 is 2.16 bits per heavy atom. The standard InChI is InChI=1S/C38H23N3O3/c1-2-9-37-32(8-1)40-38(44-37)26-12-15-29-30-21-25(35-10-4-18-42-35)14-17-33(30)41(34(29)22-26)28-7-3-6-24(20-28)31-16-13-27(23-39-31)36-11-5-19-43-36/h1-23H. The highest BCUT2D eigenvalue weighted by atomic mass is 16.3. The van der Waals surface area contributed by atoms with E-state index in [4.69, 9.17) is 23.2 Å². The lowest BCUT2D eigenvalue weighted by atomic mass is 10.1. The molecule has 9 rings (SSSR count). The van der Waals surface area contributed by atoms with Crippen molar-refractivity contribution in [3.8, 4) is 51.0 Å². The van der Waals surface area contributed by atoms with Gasteiger partial charge in [0.25, 0.3) is 0 Å². The Morgan fingerprint density at radius 2 is 1.36 bits per heavy atom. The second-order valence-electron chi connectivity index (χ2n) is 10.7. The monoisotopic (exact) mass is 569 g/mol. The van der Waals surface area contributed by atoms with Crippen LogP contribution in [0.5, 0.6) is 0 Å². The van der Waals surface area contributed by atoms with Gasteiger partial charge >= 0.3 is 0 Å². The third kappa shape index (κ3) is 3.96. The van der Waals surface area contributed by atoms with Crippen LogP contribution in [0.4, 0.5) is 0 Å². The van der Waals surface area contributed by atoms with E-state index in [1.807, 2.05) is 66.9 Å². The van der Waals surface area contributed by atoms with E-state index in [2.05, 4.69) is 65.2 Å². The fourth-order valence-corrected chi connectivity index (χ4v) is 5.98. The van der Waals surface area contributed by atoms with Crippen molar-refractivity contribution in [3.05, 3.63) is 140 Å². The van der Waals surface area contributed by atoms with E-state index in [0.29, 0.717) is 5.89 Å². The minimum atomic E-state index is 0.593. The average Bonchev–Trinajstić information content (AvgIpc) is 3.90. The predicted molar refractivity (Wildman–Crippen MR) is 172 cm³/mol. The third-order valence-corrected chi connectivity index (χ3v) is 8.08. The summed E-state index contributed by atoms with van der Waals surface area (Å²) in [5.41, 5.74) is 9.55. The van der Waals surface area contributed by atoms with Gasteiger partial charge in [-0.15, -0.1) is 0 Å². The summed E-state index contributed by atoms with van der Waals surface area (Å²) in [4.78, 5) is 9.54. The number of oxazole rings is 1. The number of furan rings is 2. The van der Waals surface area contributed by atoms with Crippen molar-refractivity contribution >= 4 is 32.9 Å². The van der Waals surface area contributed by atoms with Crippen LogP contribution in [-0.4, -0.2) is 14.5 Å². The fraction of sp³-hybridized carbons (Fsp3) is 0. The highest BCUT2D eigenvalue weighted by molar-refractivity contribution is 6.11. The summed E-state index contributed by atoms with van der Waals surface area (Å²) in [6.07, 6.45) is 5.23. The lowest BCUT2D eigenvalue weighted by molar-refractivity contribution is 0.582. The molecule has 0 spiro atoms. The number of fused-ring (bicyclic) bond motifs is 4. The van der Waals surface area contributed by atoms with Gasteiger partial charge in [0.05, 0.1) is 29.3 Å². The van der Waals surface area contributed by atoms with E-state index >= 15 is 0 Å². The highest BCUT2D eigenvalue weighted by Gasteiger charge is 2.17. The van der Waals surface area contributed by atoms with Crippen LogP contribution in [0.3, 0.4) is 0 Å². The van der Waals surface area contributed by atoms with Gasteiger partial charge in [-0.1, -0.05) is 30.3 Å². The first kappa shape index (κ1) is 24.5. The van der Waals surface area contributed by atoms with Crippen LogP contribution in [0.15, 0.2) is 153 Å². The molecule has 0 atom stereocenters. The van der Waals surface area contributed by atoms with E-state index in [0.717, 1.165) is 78.1 Å². The number of benzene rings is 4. The molecule has 0 aliphatic heterocycles. The van der Waals surface area contributed by atoms with Gasteiger partial charge in [-0.05, 0) is 91.0 Å². The second kappa shape index (κ2) is 9.71. The van der Waals surface area contributed by atoms with Gasteiger partial charge in [-0.3, -0.25) is 4.98 Å². The molecule has 0 radical (unpaired) electrons. The normalized spacial score (nSPS) is 11.6. The zero-order valence-electron chi connectivity index (χ0n) is 23.3. The summed E-state index contributed by atoms with van der Waals surface area (Å²) in [6, 6.07) is 41.0. The maximum Gasteiger partial charge on any atom is 0.227 e. The number of rotatable bonds is 5. The van der Waals surface area contributed by atoms with Crippen molar-refractivity contribution in [2.45, 2.75) is 0 Å². The minimum absolute atomic E-state index is 0.593. The predicted octanol–water partition coefficient (Wildman–Crippen LogP) is 10.2. The summed E-state index contributed by atoms with van der Waals surface area (Å²) in [5.74, 6) is 2.23. The van der Waals surface area contributed by atoms with Crippen molar-refractivity contribution in [1.29, 1.82) is 0 Å². The highest BCUT2D eigenvalue weighted by Crippen LogP contribution is 2.38. The zero-order valence-corrected chi connectivity index (χ0v) is 23.3. The maximum absolute atomic E-state index is 6.16. The minimum Gasteiger partial charge on any atom is -0.464 e. The number of nitrogens with zero attached hydrogens (tertiary/aromatic N) is 3. The molecule has 0 fully saturated rings. The van der Waals surface area contributed by atoms with Crippen molar-refractivity contribution in [2.75, 3.05) is 0 Å². The largest absolute Gasteiger partial charge is 0.464 e. The average molecular weight is 570 g/mol. The Hall–Kier alpha value is -6.14. The van der Waals surface area contributed by atoms with Gasteiger partial charge in [0, 0.05) is 44.9 Å². The van der Waals surface area contributed by atoms with Crippen molar-refractivity contribution in [3.63, 3.8) is 0 Å². The van der Waals surface area contributed by atoms with Gasteiger partial charge in [0.2, 0.25) is 5.89 Å². The molecule has 0 aliphatic carbocycles. The molecule has 44 heavy (non-hydrogen) atoms. The molecular formula is C38H23N3O3. The second-order valence-corrected chi connectivity index (χ2v) is 10.7. The first-order chi connectivity index (χ1) is 21.8. The fourth-order valence-electron chi connectivity index (χ4n) is 5.98. The van der Waals surface area contributed by atoms with Gasteiger partial charge in [-0.2, -0.15) is 0 Å². The van der Waals surface area contributed by atoms with Crippen molar-refractivity contribution in [1.82, 2.24) is 14.5 Å². The summed E-state index contributed by atoms with van der Waals surface area (Å²) in [5, 5.41) is 2.25. The summed E-state index contributed by atoms with van der Waals surface area (Å²) < 4.78 is 19.7. The number of para-hydroxylation sites is 2. The van der Waals surface area contributed by atoms with Crippen LogP contribution in [-0.2, 0) is 0 Å². The first-order valence-electron chi connectivity index (χ1n) is 14.4. The molecule has 0 unspecified atom stereocenters. The topological polar surface area (TPSA) is 70.1 Å². The number of hydrogen-bond acceptors (Lipinski definition) is 5. The molecule has 6 nitrogen and oxygen atoms in total. The van der Waals surface area contributed by atoms with E-state index in [9.17, 15) is 0 Å². The van der Waals surface area contributed by atoms with Crippen molar-refractivity contribution in [2.24, 2.45) is 0 Å². The van der Waals surface area contributed by atoms with E-state index in [1.54, 1.807) is 12.5 Å². The molecule has 0 bridgehead atoms. The lowest BCUT2D eigenvalue weighted by Crippen LogP contribution is -1.95. The van der Waals surface area contributed by atoms with Crippen LogP contribution >= 0.6 is 0 Å². The van der Waals surface area contributed by atoms with Gasteiger partial charge < -0.3 is 17.8 Å². The Bertz CT molecular complexity index is 2400. The summed E-state index contributed by atoms with van der Waals surface area (Å²) >= 11 is 0. The van der Waals surface area contributed by atoms with E-state index in [-0.39, 0.29) is 0 Å². The SMILES string of the molecule is c1cc(-c2ccc(-c3ccco3)cn2)cc(-n2c3ccc(-c4ccco4)cc3c3ccc(-c4nc5ccccc5o4)cc32)c1. The van der Waals surface area contributed by atoms with Gasteiger partial charge in [0.1, 0.15) is 17.0 Å². The zero-order chi connectivity index (χ0) is 29.0. The van der Waals surface area contributed by atoms with Crippen LogP contribution < -0.4 is 0 Å². The van der Waals surface area contributed by atoms with E-state index in [1.165, 1.54) is 0 Å². The maximum atomic E-state index is 6.16. The summed E-state index contributed by atoms with van der Waals surface area (Å²) in [6.45, 7) is 0. The van der Waals surface area contributed by atoms with Crippen LogP contribution in [0.1, 0.15) is 0 Å². The Morgan fingerprint density at radius 1 is 0.545 bits per heavy atom. The molecular weight excluding hydrogens is 546 g/mol. The quantitative estimate of drug-likeness (QED) is 0.206. The Kier molecular flexibility index (Phi) is 5.40. The van der Waals surface area contributed by atoms with Gasteiger partial charge in [0.15, 0.2) is 5.58 Å². The number of hydrogen-bond donors (Lipinski definition) is 0. The molecule has 5 heterocycles. The Balaban J connectivity index is 1.23. The van der Waals surface area contributed by atoms with Crippen molar-refractivity contribution < 1.29 is 13.3 Å². The lowest BCUT2D eigenvalue weighted by Gasteiger charge is -2.11. The first-order valence-corrected chi connectivity index (χ1v) is 14.4. The molecule has 0 aliphatic rings. The number of aromatic nitrogens is 3.